The van der Waals surface area contributed by atoms with Gasteiger partial charge in [-0.05, 0) is 37.1 Å². The molecule has 0 aromatic heterocycles. The van der Waals surface area contributed by atoms with Crippen LogP contribution < -0.4 is 10.6 Å². The van der Waals surface area contributed by atoms with E-state index in [-0.39, 0.29) is 12.3 Å². The fraction of sp³-hybridized carbons (Fsp3) is 0.429. The summed E-state index contributed by atoms with van der Waals surface area (Å²) in [5, 5.41) is 14.8. The van der Waals surface area contributed by atoms with Crippen LogP contribution in [-0.4, -0.2) is 22.5 Å². The summed E-state index contributed by atoms with van der Waals surface area (Å²) >= 11 is 0. The number of carboxylic acids is 1. The van der Waals surface area contributed by atoms with Crippen molar-refractivity contribution in [2.24, 2.45) is 0 Å². The number of carbonyl (C=O) groups excluding carboxylic acids is 1. The Morgan fingerprint density at radius 3 is 2.68 bits per heavy atom. The van der Waals surface area contributed by atoms with E-state index in [4.69, 9.17) is 5.11 Å². The number of benzene rings is 1. The fourth-order valence-electron chi connectivity index (χ4n) is 2.24. The van der Waals surface area contributed by atoms with Crippen LogP contribution in [0.1, 0.15) is 41.8 Å². The van der Waals surface area contributed by atoms with E-state index < -0.39 is 11.5 Å². The molecule has 0 spiro atoms. The largest absolute Gasteiger partial charge is 0.481 e. The van der Waals surface area contributed by atoms with E-state index in [9.17, 15) is 9.59 Å². The summed E-state index contributed by atoms with van der Waals surface area (Å²) in [6.07, 6.45) is -0.106. The van der Waals surface area contributed by atoms with Crippen molar-refractivity contribution in [3.05, 3.63) is 34.9 Å². The number of rotatable bonds is 4. The average Bonchev–Trinajstić information content (AvgIpc) is 2.72. The molecule has 0 saturated carbocycles. The van der Waals surface area contributed by atoms with E-state index in [1.165, 1.54) is 5.56 Å². The smallest absolute Gasteiger partial charge is 0.305 e. The number of hydrogen-bond donors (Lipinski definition) is 3. The van der Waals surface area contributed by atoms with Gasteiger partial charge in [-0.1, -0.05) is 6.07 Å². The molecule has 0 aliphatic carbocycles. The number of aliphatic carboxylic acids is 1. The summed E-state index contributed by atoms with van der Waals surface area (Å²) in [5.74, 6) is -1.16. The van der Waals surface area contributed by atoms with Gasteiger partial charge in [-0.25, -0.2) is 0 Å². The lowest BCUT2D eigenvalue weighted by molar-refractivity contribution is -0.138. The predicted octanol–water partition coefficient (Wildman–Crippen LogP) is 1.27. The first-order valence-corrected chi connectivity index (χ1v) is 6.24. The Bertz CT molecular complexity index is 523. The molecule has 1 aromatic carbocycles. The van der Waals surface area contributed by atoms with Gasteiger partial charge in [0, 0.05) is 24.2 Å². The van der Waals surface area contributed by atoms with Crippen molar-refractivity contribution in [1.29, 1.82) is 0 Å². The maximum atomic E-state index is 12.1. The van der Waals surface area contributed by atoms with Gasteiger partial charge in [-0.2, -0.15) is 0 Å². The number of nitrogens with one attached hydrogen (secondary N) is 2. The van der Waals surface area contributed by atoms with Crippen LogP contribution in [0.3, 0.4) is 0 Å². The highest BCUT2D eigenvalue weighted by Gasteiger charge is 2.24. The van der Waals surface area contributed by atoms with Gasteiger partial charge in [0.1, 0.15) is 0 Å². The molecule has 5 nitrogen and oxygen atoms in total. The minimum absolute atomic E-state index is 0.106. The predicted molar refractivity (Wildman–Crippen MR) is 70.8 cm³/mol. The van der Waals surface area contributed by atoms with Crippen LogP contribution >= 0.6 is 0 Å². The highest BCUT2D eigenvalue weighted by Crippen LogP contribution is 2.18. The minimum atomic E-state index is -0.927. The average molecular weight is 262 g/mol. The third kappa shape index (κ3) is 3.32. The highest BCUT2D eigenvalue weighted by molar-refractivity contribution is 5.95. The Labute approximate surface area is 112 Å². The number of fused-ring (bicyclic) bond motifs is 1. The van der Waals surface area contributed by atoms with E-state index in [2.05, 4.69) is 10.6 Å². The molecule has 0 atom stereocenters. The first kappa shape index (κ1) is 13.5. The van der Waals surface area contributed by atoms with Crippen LogP contribution in [0.4, 0.5) is 0 Å². The maximum Gasteiger partial charge on any atom is 0.305 e. The molecule has 1 aromatic rings. The van der Waals surface area contributed by atoms with Crippen molar-refractivity contribution < 1.29 is 14.7 Å². The molecular formula is C14H18N2O3. The molecule has 0 unspecified atom stereocenters. The number of carbonyl (C=O) groups is 2. The molecule has 1 aliphatic heterocycles. The van der Waals surface area contributed by atoms with Crippen LogP contribution in [0.15, 0.2) is 18.2 Å². The lowest BCUT2D eigenvalue weighted by Gasteiger charge is -2.24. The van der Waals surface area contributed by atoms with Crippen molar-refractivity contribution in [2.45, 2.75) is 38.9 Å². The topological polar surface area (TPSA) is 78.4 Å². The summed E-state index contributed by atoms with van der Waals surface area (Å²) < 4.78 is 0. The molecular weight excluding hydrogens is 244 g/mol. The molecule has 3 N–H and O–H groups in total. The zero-order chi connectivity index (χ0) is 14.0. The van der Waals surface area contributed by atoms with Crippen molar-refractivity contribution in [3.8, 4) is 0 Å². The molecule has 1 aliphatic rings. The minimum Gasteiger partial charge on any atom is -0.481 e. The van der Waals surface area contributed by atoms with Crippen molar-refractivity contribution >= 4 is 11.9 Å². The first-order valence-electron chi connectivity index (χ1n) is 6.24. The van der Waals surface area contributed by atoms with Gasteiger partial charge >= 0.3 is 5.97 Å². The van der Waals surface area contributed by atoms with Crippen molar-refractivity contribution in [3.63, 3.8) is 0 Å². The first-order chi connectivity index (χ1) is 8.87. The van der Waals surface area contributed by atoms with E-state index in [0.29, 0.717) is 5.56 Å². The Balaban J connectivity index is 2.10. The molecule has 0 radical (unpaired) electrons. The Kier molecular flexibility index (Phi) is 3.57. The Hall–Kier alpha value is -1.88. The SMILES string of the molecule is CC(C)(CC(=O)O)NC(=O)c1ccc2c(c1)CNC2. The number of hydrogen-bond acceptors (Lipinski definition) is 3. The van der Waals surface area contributed by atoms with Crippen molar-refractivity contribution in [2.75, 3.05) is 0 Å². The van der Waals surface area contributed by atoms with E-state index >= 15 is 0 Å². The number of amides is 1. The van der Waals surface area contributed by atoms with Gasteiger partial charge in [-0.3, -0.25) is 9.59 Å². The van der Waals surface area contributed by atoms with Gasteiger partial charge in [0.25, 0.3) is 5.91 Å². The zero-order valence-electron chi connectivity index (χ0n) is 11.1. The summed E-state index contributed by atoms with van der Waals surface area (Å²) in [5.41, 5.74) is 2.14. The molecule has 0 saturated heterocycles. The molecule has 19 heavy (non-hydrogen) atoms. The van der Waals surface area contributed by atoms with E-state index in [1.807, 2.05) is 12.1 Å². The number of carboxylic acid groups (broad SMARTS) is 1. The lowest BCUT2D eigenvalue weighted by atomic mass is 9.99. The van der Waals surface area contributed by atoms with Gasteiger partial charge in [0.15, 0.2) is 0 Å². The lowest BCUT2D eigenvalue weighted by Crippen LogP contribution is -2.44. The summed E-state index contributed by atoms with van der Waals surface area (Å²) in [7, 11) is 0. The van der Waals surface area contributed by atoms with Gasteiger partial charge in [0.2, 0.25) is 0 Å². The van der Waals surface area contributed by atoms with E-state index in [0.717, 1.165) is 18.7 Å². The maximum absolute atomic E-state index is 12.1. The third-order valence-electron chi connectivity index (χ3n) is 3.14. The van der Waals surface area contributed by atoms with Crippen molar-refractivity contribution in [1.82, 2.24) is 10.6 Å². The van der Waals surface area contributed by atoms with Crippen LogP contribution in [-0.2, 0) is 17.9 Å². The van der Waals surface area contributed by atoms with Crippen LogP contribution in [0.5, 0.6) is 0 Å². The second-order valence-corrected chi connectivity index (χ2v) is 5.50. The summed E-state index contributed by atoms with van der Waals surface area (Å²) in [6, 6.07) is 5.58. The fourth-order valence-corrected chi connectivity index (χ4v) is 2.24. The zero-order valence-corrected chi connectivity index (χ0v) is 11.1. The second-order valence-electron chi connectivity index (χ2n) is 5.50. The monoisotopic (exact) mass is 262 g/mol. The highest BCUT2D eigenvalue weighted by atomic mass is 16.4. The molecule has 102 valence electrons. The van der Waals surface area contributed by atoms with Crippen LogP contribution in [0.25, 0.3) is 0 Å². The van der Waals surface area contributed by atoms with Gasteiger partial charge < -0.3 is 15.7 Å². The third-order valence-corrected chi connectivity index (χ3v) is 3.14. The quantitative estimate of drug-likeness (QED) is 0.763. The molecule has 0 bridgehead atoms. The second kappa shape index (κ2) is 5.01. The summed E-state index contributed by atoms with van der Waals surface area (Å²) in [4.78, 5) is 22.8. The van der Waals surface area contributed by atoms with Crippen LogP contribution in [0.2, 0.25) is 0 Å². The molecule has 0 fully saturated rings. The van der Waals surface area contributed by atoms with Crippen LogP contribution in [0, 0.1) is 0 Å². The molecule has 2 rings (SSSR count). The molecule has 1 heterocycles. The van der Waals surface area contributed by atoms with E-state index in [1.54, 1.807) is 19.9 Å². The molecule has 1 amide bonds. The Morgan fingerprint density at radius 1 is 1.32 bits per heavy atom. The normalized spacial score (nSPS) is 14.0. The Morgan fingerprint density at radius 2 is 2.00 bits per heavy atom. The van der Waals surface area contributed by atoms with Gasteiger partial charge in [-0.15, -0.1) is 0 Å². The summed E-state index contributed by atoms with van der Waals surface area (Å²) in [6.45, 7) is 5.01. The molecule has 5 heteroatoms. The van der Waals surface area contributed by atoms with Gasteiger partial charge in [0.05, 0.1) is 6.42 Å². The standard InChI is InChI=1S/C14H18N2O3/c1-14(2,6-12(17)18)16-13(19)9-3-4-10-7-15-8-11(10)5-9/h3-5,15H,6-8H2,1-2H3,(H,16,19)(H,17,18).